The van der Waals surface area contributed by atoms with Crippen molar-refractivity contribution < 1.29 is 0 Å². The van der Waals surface area contributed by atoms with Crippen molar-refractivity contribution in [1.29, 1.82) is 0 Å². The summed E-state index contributed by atoms with van der Waals surface area (Å²) in [4.78, 5) is 0. The Kier molecular flexibility index (Phi) is 4.00. The topological polar surface area (TPSA) is 0 Å². The lowest BCUT2D eigenvalue weighted by molar-refractivity contribution is 1.42. The summed E-state index contributed by atoms with van der Waals surface area (Å²) in [6.45, 7) is 4.28. The Morgan fingerprint density at radius 1 is 0.941 bits per heavy atom. The lowest BCUT2D eigenvalue weighted by Gasteiger charge is -2.10. The molecule has 17 heavy (non-hydrogen) atoms. The summed E-state index contributed by atoms with van der Waals surface area (Å²) in [6.07, 6.45) is 2.16. The van der Waals surface area contributed by atoms with Crippen molar-refractivity contribution in [2.45, 2.75) is 13.8 Å². The van der Waals surface area contributed by atoms with E-state index < -0.39 is 0 Å². The summed E-state index contributed by atoms with van der Waals surface area (Å²) >= 11 is 2.26. The van der Waals surface area contributed by atoms with Crippen molar-refractivity contribution in [3.05, 3.63) is 63.2 Å². The van der Waals surface area contributed by atoms with Crippen molar-refractivity contribution >= 4 is 28.7 Å². The van der Waals surface area contributed by atoms with Crippen LogP contribution in [0.4, 0.5) is 0 Å². The highest BCUT2D eigenvalue weighted by molar-refractivity contribution is 14.1. The normalized spacial score (nSPS) is 11.0. The molecule has 0 spiro atoms. The Labute approximate surface area is 117 Å². The van der Waals surface area contributed by atoms with E-state index in [2.05, 4.69) is 89.1 Å². The Morgan fingerprint density at radius 3 is 2.29 bits per heavy atom. The van der Waals surface area contributed by atoms with E-state index in [0.717, 1.165) is 0 Å². The van der Waals surface area contributed by atoms with Crippen LogP contribution in [0.3, 0.4) is 0 Å². The minimum Gasteiger partial charge on any atom is -0.0614 e. The van der Waals surface area contributed by atoms with Crippen LogP contribution in [0.25, 0.3) is 17.2 Å². The molecule has 86 valence electrons. The van der Waals surface area contributed by atoms with Gasteiger partial charge in [0.2, 0.25) is 0 Å². The monoisotopic (exact) mass is 334 g/mol. The van der Waals surface area contributed by atoms with Gasteiger partial charge < -0.3 is 0 Å². The van der Waals surface area contributed by atoms with Gasteiger partial charge >= 0.3 is 0 Å². The van der Waals surface area contributed by atoms with Crippen LogP contribution in [-0.4, -0.2) is 0 Å². The zero-order valence-electron chi connectivity index (χ0n) is 10.1. The van der Waals surface area contributed by atoms with Gasteiger partial charge in [0.1, 0.15) is 0 Å². The second kappa shape index (κ2) is 5.50. The Hall–Kier alpha value is -1.09. The van der Waals surface area contributed by atoms with Gasteiger partial charge in [-0.1, -0.05) is 70.6 Å². The first-order valence-electron chi connectivity index (χ1n) is 5.66. The molecule has 0 saturated heterocycles. The van der Waals surface area contributed by atoms with Crippen LogP contribution in [0.1, 0.15) is 16.7 Å². The zero-order valence-corrected chi connectivity index (χ0v) is 12.2. The lowest BCUT2D eigenvalue weighted by Crippen LogP contribution is -1.87. The van der Waals surface area contributed by atoms with E-state index in [0.29, 0.717) is 0 Å². The smallest absolute Gasteiger partial charge is 0.00820 e. The number of hydrogen-bond donors (Lipinski definition) is 0. The van der Waals surface area contributed by atoms with Crippen molar-refractivity contribution in [3.8, 4) is 11.1 Å². The van der Waals surface area contributed by atoms with Crippen LogP contribution >= 0.6 is 22.6 Å². The van der Waals surface area contributed by atoms with E-state index in [4.69, 9.17) is 0 Å². The van der Waals surface area contributed by atoms with Crippen LogP contribution in [0, 0.1) is 13.8 Å². The molecule has 0 aliphatic heterocycles. The predicted molar refractivity (Wildman–Crippen MR) is 84.4 cm³/mol. The number of benzene rings is 2. The summed E-state index contributed by atoms with van der Waals surface area (Å²) in [5.41, 5.74) is 6.52. The van der Waals surface area contributed by atoms with Gasteiger partial charge in [0.15, 0.2) is 0 Å². The number of halogens is 1. The highest BCUT2D eigenvalue weighted by atomic mass is 127. The Morgan fingerprint density at radius 2 is 1.65 bits per heavy atom. The fraction of sp³-hybridized carbons (Fsp3) is 0.125. The van der Waals surface area contributed by atoms with Gasteiger partial charge in [0.25, 0.3) is 0 Å². The second-order valence-corrected chi connectivity index (χ2v) is 4.92. The van der Waals surface area contributed by atoms with Crippen molar-refractivity contribution in [2.24, 2.45) is 0 Å². The molecule has 0 atom stereocenters. The van der Waals surface area contributed by atoms with E-state index in [1.165, 1.54) is 27.8 Å². The molecular formula is C16H15I. The van der Waals surface area contributed by atoms with E-state index in [-0.39, 0.29) is 0 Å². The highest BCUT2D eigenvalue weighted by Gasteiger charge is 2.05. The van der Waals surface area contributed by atoms with Crippen molar-refractivity contribution in [3.63, 3.8) is 0 Å². The van der Waals surface area contributed by atoms with Gasteiger partial charge in [-0.25, -0.2) is 0 Å². The third-order valence-electron chi connectivity index (χ3n) is 2.89. The molecule has 0 saturated carbocycles. The van der Waals surface area contributed by atoms with E-state index in [9.17, 15) is 0 Å². The zero-order chi connectivity index (χ0) is 12.3. The Balaban J connectivity index is 2.61. The van der Waals surface area contributed by atoms with Crippen LogP contribution in [0.2, 0.25) is 0 Å². The van der Waals surface area contributed by atoms with Crippen LogP contribution in [0.5, 0.6) is 0 Å². The summed E-state index contributed by atoms with van der Waals surface area (Å²) in [5.74, 6) is 0. The van der Waals surface area contributed by atoms with Gasteiger partial charge in [0.05, 0.1) is 0 Å². The standard InChI is InChI=1S/C16H15I/c1-12-6-8-15(9-7-12)16-13(2)4-3-5-14(16)10-11-17/h3-11H,1-2H3. The fourth-order valence-corrected chi connectivity index (χ4v) is 2.40. The fourth-order valence-electron chi connectivity index (χ4n) is 2.01. The molecule has 0 bridgehead atoms. The second-order valence-electron chi connectivity index (χ2n) is 4.20. The molecule has 2 aromatic carbocycles. The molecule has 2 rings (SSSR count). The average molecular weight is 334 g/mol. The number of rotatable bonds is 2. The quantitative estimate of drug-likeness (QED) is 0.647. The minimum absolute atomic E-state index is 1.28. The summed E-state index contributed by atoms with van der Waals surface area (Å²) in [6, 6.07) is 15.2. The third kappa shape index (κ3) is 2.78. The Bertz CT molecular complexity index is 536. The maximum Gasteiger partial charge on any atom is -0.00820 e. The predicted octanol–water partition coefficient (Wildman–Crippen LogP) is 5.38. The molecule has 0 radical (unpaired) electrons. The van der Waals surface area contributed by atoms with Crippen LogP contribution in [0.15, 0.2) is 46.5 Å². The molecule has 0 aliphatic carbocycles. The molecule has 0 aromatic heterocycles. The van der Waals surface area contributed by atoms with Crippen LogP contribution < -0.4 is 0 Å². The molecule has 0 N–H and O–H groups in total. The lowest BCUT2D eigenvalue weighted by atomic mass is 9.94. The van der Waals surface area contributed by atoms with Crippen molar-refractivity contribution in [1.82, 2.24) is 0 Å². The molecule has 0 aliphatic rings. The van der Waals surface area contributed by atoms with Gasteiger partial charge in [-0.3, -0.25) is 0 Å². The molecular weight excluding hydrogens is 319 g/mol. The molecule has 0 amide bonds. The number of aryl methyl sites for hydroxylation is 2. The molecule has 0 nitrogen and oxygen atoms in total. The summed E-state index contributed by atoms with van der Waals surface area (Å²) in [7, 11) is 0. The highest BCUT2D eigenvalue weighted by Crippen LogP contribution is 2.28. The maximum absolute atomic E-state index is 2.26. The molecule has 0 fully saturated rings. The molecule has 0 heterocycles. The molecule has 1 heteroatoms. The first-order chi connectivity index (χ1) is 8.22. The maximum atomic E-state index is 2.26. The van der Waals surface area contributed by atoms with Crippen LogP contribution in [-0.2, 0) is 0 Å². The number of hydrogen-bond acceptors (Lipinski definition) is 0. The molecule has 2 aromatic rings. The average Bonchev–Trinajstić information content (AvgIpc) is 2.32. The first-order valence-corrected chi connectivity index (χ1v) is 6.90. The van der Waals surface area contributed by atoms with Gasteiger partial charge in [-0.2, -0.15) is 0 Å². The van der Waals surface area contributed by atoms with Gasteiger partial charge in [0, 0.05) is 0 Å². The van der Waals surface area contributed by atoms with E-state index >= 15 is 0 Å². The largest absolute Gasteiger partial charge is 0.0614 e. The van der Waals surface area contributed by atoms with E-state index in [1.54, 1.807) is 0 Å². The SMILES string of the molecule is Cc1ccc(-c2c(C)cccc2C=CI)cc1. The third-order valence-corrected chi connectivity index (χ3v) is 3.25. The van der Waals surface area contributed by atoms with Gasteiger partial charge in [-0.05, 0) is 46.3 Å². The first kappa shape index (κ1) is 12.4. The van der Waals surface area contributed by atoms with E-state index in [1.807, 2.05) is 0 Å². The summed E-state index contributed by atoms with van der Waals surface area (Å²) < 4.78 is 2.06. The van der Waals surface area contributed by atoms with Gasteiger partial charge in [-0.15, -0.1) is 0 Å². The summed E-state index contributed by atoms with van der Waals surface area (Å²) in [5, 5.41) is 0. The van der Waals surface area contributed by atoms with Crippen molar-refractivity contribution in [2.75, 3.05) is 0 Å². The molecule has 0 unspecified atom stereocenters. The minimum atomic E-state index is 1.28.